The summed E-state index contributed by atoms with van der Waals surface area (Å²) in [5, 5.41) is 6.51. The molecular weight excluding hydrogens is 262 g/mol. The first-order valence-electron chi connectivity index (χ1n) is 7.20. The molecule has 5 heteroatoms. The van der Waals surface area contributed by atoms with E-state index in [1.165, 1.54) is 0 Å². The average Bonchev–Trinajstić information content (AvgIpc) is 2.42. The predicted molar refractivity (Wildman–Crippen MR) is 88.8 cm³/mol. The van der Waals surface area contributed by atoms with Crippen molar-refractivity contribution >= 4 is 18.0 Å². The van der Waals surface area contributed by atoms with Crippen LogP contribution >= 0.6 is 0 Å². The number of allylic oxidation sites excluding steroid dienone is 3. The maximum atomic E-state index is 4.45. The maximum Gasteiger partial charge on any atom is 0.229 e. The van der Waals surface area contributed by atoms with Crippen molar-refractivity contribution in [2.24, 2.45) is 10.4 Å². The van der Waals surface area contributed by atoms with E-state index >= 15 is 0 Å². The summed E-state index contributed by atoms with van der Waals surface area (Å²) in [6.45, 7) is 6.32. The quantitative estimate of drug-likeness (QED) is 0.815. The van der Waals surface area contributed by atoms with Gasteiger partial charge in [-0.1, -0.05) is 19.1 Å². The van der Waals surface area contributed by atoms with Crippen LogP contribution in [0.5, 0.6) is 0 Å². The number of hydrogen-bond donors (Lipinski definition) is 2. The third-order valence-corrected chi connectivity index (χ3v) is 3.18. The zero-order valence-corrected chi connectivity index (χ0v) is 13.1. The Morgan fingerprint density at radius 3 is 2.86 bits per heavy atom. The minimum absolute atomic E-state index is 0.00182. The summed E-state index contributed by atoms with van der Waals surface area (Å²) in [4.78, 5) is 12.8. The highest BCUT2D eigenvalue weighted by atomic mass is 15.1. The van der Waals surface area contributed by atoms with E-state index in [4.69, 9.17) is 0 Å². The number of nitrogens with one attached hydrogen (secondary N) is 2. The lowest BCUT2D eigenvalue weighted by Crippen LogP contribution is -2.18. The Bertz CT molecular complexity index is 574. The lowest BCUT2D eigenvalue weighted by atomic mass is 9.84. The van der Waals surface area contributed by atoms with Gasteiger partial charge in [-0.3, -0.25) is 4.99 Å². The summed E-state index contributed by atoms with van der Waals surface area (Å²) in [6.07, 6.45) is 11.0. The van der Waals surface area contributed by atoms with Crippen LogP contribution in [0.25, 0.3) is 0 Å². The van der Waals surface area contributed by atoms with Crippen LogP contribution in [0.4, 0.5) is 11.8 Å². The third kappa shape index (κ3) is 4.41. The van der Waals surface area contributed by atoms with E-state index in [-0.39, 0.29) is 5.41 Å². The molecule has 0 aromatic carbocycles. The standard InChI is InChI=1S/C16H23N5/c1-12(2)19-14-7-10-18-15(21-14)20-13-5-8-16(3,9-6-13)11-17-4/h5-8,10-12H,9H2,1-4H3,(H2,18,19,20,21)/t16-/m1/s1. The normalized spacial score (nSPS) is 21.7. The second-order valence-electron chi connectivity index (χ2n) is 5.78. The number of aromatic nitrogens is 2. The largest absolute Gasteiger partial charge is 0.368 e. The van der Waals surface area contributed by atoms with Crippen molar-refractivity contribution in [2.75, 3.05) is 17.7 Å². The molecular formula is C16H23N5. The Morgan fingerprint density at radius 1 is 1.43 bits per heavy atom. The Labute approximate surface area is 126 Å². The van der Waals surface area contributed by atoms with Gasteiger partial charge >= 0.3 is 0 Å². The summed E-state index contributed by atoms with van der Waals surface area (Å²) < 4.78 is 0. The second-order valence-corrected chi connectivity index (χ2v) is 5.78. The van der Waals surface area contributed by atoms with Crippen molar-refractivity contribution < 1.29 is 0 Å². The maximum absolute atomic E-state index is 4.45. The molecule has 2 rings (SSSR count). The highest BCUT2D eigenvalue weighted by Crippen LogP contribution is 2.27. The number of nitrogens with zero attached hydrogens (tertiary/aromatic N) is 3. The molecule has 1 aliphatic rings. The van der Waals surface area contributed by atoms with Crippen molar-refractivity contribution in [3.63, 3.8) is 0 Å². The molecule has 0 amide bonds. The molecule has 0 aliphatic heterocycles. The van der Waals surface area contributed by atoms with Gasteiger partial charge in [0.2, 0.25) is 5.95 Å². The predicted octanol–water partition coefficient (Wildman–Crippen LogP) is 3.26. The van der Waals surface area contributed by atoms with E-state index in [0.29, 0.717) is 12.0 Å². The van der Waals surface area contributed by atoms with Crippen molar-refractivity contribution in [3.8, 4) is 0 Å². The van der Waals surface area contributed by atoms with Crippen molar-refractivity contribution in [1.82, 2.24) is 9.97 Å². The van der Waals surface area contributed by atoms with E-state index in [1.807, 2.05) is 12.3 Å². The number of rotatable bonds is 5. The van der Waals surface area contributed by atoms with Crippen LogP contribution in [0.15, 0.2) is 41.2 Å². The SMILES string of the molecule is CN=C[C@]1(C)C=CC(Nc2nccc(NC(C)C)n2)=CC1. The molecule has 0 saturated heterocycles. The molecule has 1 atom stereocenters. The molecule has 0 radical (unpaired) electrons. The minimum Gasteiger partial charge on any atom is -0.368 e. The van der Waals surface area contributed by atoms with E-state index in [2.05, 4.69) is 64.6 Å². The fourth-order valence-electron chi connectivity index (χ4n) is 2.15. The van der Waals surface area contributed by atoms with Gasteiger partial charge in [-0.2, -0.15) is 4.98 Å². The molecule has 0 spiro atoms. The van der Waals surface area contributed by atoms with Gasteiger partial charge in [-0.15, -0.1) is 0 Å². The molecule has 0 unspecified atom stereocenters. The van der Waals surface area contributed by atoms with Crippen LogP contribution in [-0.4, -0.2) is 29.3 Å². The van der Waals surface area contributed by atoms with E-state index in [1.54, 1.807) is 13.2 Å². The van der Waals surface area contributed by atoms with Crippen LogP contribution in [0.2, 0.25) is 0 Å². The van der Waals surface area contributed by atoms with Crippen LogP contribution in [-0.2, 0) is 0 Å². The second kappa shape index (κ2) is 6.52. The molecule has 1 aliphatic carbocycles. The molecule has 21 heavy (non-hydrogen) atoms. The molecule has 0 saturated carbocycles. The monoisotopic (exact) mass is 285 g/mol. The minimum atomic E-state index is 0.00182. The third-order valence-electron chi connectivity index (χ3n) is 3.18. The fourth-order valence-corrected chi connectivity index (χ4v) is 2.15. The zero-order valence-electron chi connectivity index (χ0n) is 13.1. The van der Waals surface area contributed by atoms with Gasteiger partial charge in [0.1, 0.15) is 5.82 Å². The van der Waals surface area contributed by atoms with Gasteiger partial charge in [-0.25, -0.2) is 4.98 Å². The fraction of sp³-hybridized carbons (Fsp3) is 0.438. The van der Waals surface area contributed by atoms with Gasteiger partial charge in [0.05, 0.1) is 0 Å². The van der Waals surface area contributed by atoms with Crippen LogP contribution in [0.3, 0.4) is 0 Å². The molecule has 0 fully saturated rings. The molecule has 0 bridgehead atoms. The number of hydrogen-bond acceptors (Lipinski definition) is 5. The molecule has 2 N–H and O–H groups in total. The van der Waals surface area contributed by atoms with Gasteiger partial charge in [0, 0.05) is 36.6 Å². The summed E-state index contributed by atoms with van der Waals surface area (Å²) in [7, 11) is 1.80. The summed E-state index contributed by atoms with van der Waals surface area (Å²) in [6, 6.07) is 2.21. The summed E-state index contributed by atoms with van der Waals surface area (Å²) in [5.74, 6) is 1.43. The Morgan fingerprint density at radius 2 is 2.24 bits per heavy atom. The smallest absolute Gasteiger partial charge is 0.229 e. The molecule has 1 aromatic rings. The number of anilines is 2. The van der Waals surface area contributed by atoms with Crippen molar-refractivity contribution in [3.05, 3.63) is 36.2 Å². The first kappa shape index (κ1) is 15.2. The van der Waals surface area contributed by atoms with Crippen LogP contribution in [0.1, 0.15) is 27.2 Å². The Kier molecular flexibility index (Phi) is 4.73. The lowest BCUT2D eigenvalue weighted by Gasteiger charge is -2.23. The van der Waals surface area contributed by atoms with Crippen LogP contribution < -0.4 is 10.6 Å². The molecule has 1 aromatic heterocycles. The van der Waals surface area contributed by atoms with Gasteiger partial charge < -0.3 is 10.6 Å². The Hall–Kier alpha value is -2.17. The summed E-state index contributed by atoms with van der Waals surface area (Å²) in [5.41, 5.74) is 1.01. The van der Waals surface area contributed by atoms with Gasteiger partial charge in [0.25, 0.3) is 0 Å². The van der Waals surface area contributed by atoms with Gasteiger partial charge in [0.15, 0.2) is 0 Å². The lowest BCUT2D eigenvalue weighted by molar-refractivity contribution is 0.612. The van der Waals surface area contributed by atoms with E-state index < -0.39 is 0 Å². The zero-order chi connectivity index (χ0) is 15.3. The van der Waals surface area contributed by atoms with E-state index in [0.717, 1.165) is 17.9 Å². The van der Waals surface area contributed by atoms with Crippen molar-refractivity contribution in [2.45, 2.75) is 33.2 Å². The van der Waals surface area contributed by atoms with Crippen LogP contribution in [0, 0.1) is 5.41 Å². The Balaban J connectivity index is 2.03. The summed E-state index contributed by atoms with van der Waals surface area (Å²) >= 11 is 0. The molecule has 112 valence electrons. The van der Waals surface area contributed by atoms with E-state index in [9.17, 15) is 0 Å². The molecule has 5 nitrogen and oxygen atoms in total. The highest BCUT2D eigenvalue weighted by Gasteiger charge is 2.20. The highest BCUT2D eigenvalue weighted by molar-refractivity contribution is 5.69. The number of aliphatic imine (C=N–C) groups is 1. The molecule has 1 heterocycles. The van der Waals surface area contributed by atoms with Gasteiger partial charge in [-0.05, 0) is 32.4 Å². The first-order valence-corrected chi connectivity index (χ1v) is 7.20. The average molecular weight is 285 g/mol. The first-order chi connectivity index (χ1) is 10.0. The topological polar surface area (TPSA) is 62.2 Å². The van der Waals surface area contributed by atoms with Crippen molar-refractivity contribution in [1.29, 1.82) is 0 Å².